The summed E-state index contributed by atoms with van der Waals surface area (Å²) in [5, 5.41) is 0. The minimum Gasteiger partial charge on any atom is -0.466 e. The Morgan fingerprint density at radius 1 is 1.46 bits per heavy atom. The fourth-order valence-electron chi connectivity index (χ4n) is 1.01. The molecule has 0 heterocycles. The molecule has 0 aliphatic carbocycles. The van der Waals surface area contributed by atoms with Crippen molar-refractivity contribution in [3.63, 3.8) is 0 Å². The van der Waals surface area contributed by atoms with Gasteiger partial charge in [-0.1, -0.05) is 6.92 Å². The van der Waals surface area contributed by atoms with Crippen molar-refractivity contribution in [1.82, 2.24) is 0 Å². The molecule has 0 amide bonds. The van der Waals surface area contributed by atoms with Crippen LogP contribution < -0.4 is 0 Å². The minimum absolute atomic E-state index is 0.131. The molecule has 0 aromatic heterocycles. The zero-order valence-electron chi connectivity index (χ0n) is 8.28. The average Bonchev–Trinajstić information content (AvgIpc) is 2.12. The quantitative estimate of drug-likeness (QED) is 0.473. The Kier molecular flexibility index (Phi) is 7.91. The van der Waals surface area contributed by atoms with Crippen molar-refractivity contribution in [2.24, 2.45) is 5.92 Å². The molecule has 0 aliphatic rings. The lowest BCUT2D eigenvalue weighted by Gasteiger charge is -2.07. The van der Waals surface area contributed by atoms with Crippen LogP contribution in [0.2, 0.25) is 0 Å². The van der Waals surface area contributed by atoms with Crippen LogP contribution in [-0.4, -0.2) is 18.7 Å². The van der Waals surface area contributed by atoms with E-state index in [9.17, 15) is 9.36 Å². The molecule has 1 atom stereocenters. The Morgan fingerprint density at radius 2 is 2.15 bits per heavy atom. The molecule has 0 saturated carbocycles. The van der Waals surface area contributed by atoms with E-state index in [0.717, 1.165) is 12.8 Å². The van der Waals surface area contributed by atoms with E-state index in [-0.39, 0.29) is 14.4 Å². The molecule has 0 fully saturated rings. The first-order valence-corrected chi connectivity index (χ1v) is 5.65. The van der Waals surface area contributed by atoms with Gasteiger partial charge in [0.25, 0.3) is 0 Å². The first kappa shape index (κ1) is 12.6. The van der Waals surface area contributed by atoms with E-state index in [1.54, 1.807) is 6.92 Å². The van der Waals surface area contributed by atoms with Crippen molar-refractivity contribution in [3.05, 3.63) is 0 Å². The molecule has 1 unspecified atom stereocenters. The van der Waals surface area contributed by atoms with E-state index in [0.29, 0.717) is 25.1 Å². The highest BCUT2D eigenvalue weighted by molar-refractivity contribution is 7.23. The van der Waals surface area contributed by atoms with E-state index < -0.39 is 0 Å². The van der Waals surface area contributed by atoms with E-state index >= 15 is 0 Å². The summed E-state index contributed by atoms with van der Waals surface area (Å²) >= 11 is 0. The molecule has 0 bridgehead atoms. The molecule has 0 radical (unpaired) electrons. The van der Waals surface area contributed by atoms with E-state index in [1.807, 2.05) is 0 Å². The molecule has 0 aliphatic heterocycles. The predicted molar refractivity (Wildman–Crippen MR) is 52.1 cm³/mol. The van der Waals surface area contributed by atoms with Gasteiger partial charge in [0.1, 0.15) is 0 Å². The Balaban J connectivity index is 3.39. The average molecular weight is 204 g/mol. The third-order valence-corrected chi connectivity index (χ3v) is 2.30. The van der Waals surface area contributed by atoms with Crippen molar-refractivity contribution < 1.29 is 14.1 Å². The second-order valence-corrected chi connectivity index (χ2v) is 3.80. The monoisotopic (exact) mass is 204 g/mol. The topological polar surface area (TPSA) is 43.4 Å². The second kappa shape index (κ2) is 8.18. The van der Waals surface area contributed by atoms with Gasteiger partial charge in [-0.3, -0.25) is 9.36 Å². The molecular formula is C9H17O3P. The van der Waals surface area contributed by atoms with Gasteiger partial charge in [0.15, 0.2) is 8.46 Å². The Bertz CT molecular complexity index is 159. The predicted octanol–water partition coefficient (Wildman–Crippen LogP) is 2.65. The normalized spacial score (nSPS) is 12.8. The zero-order chi connectivity index (χ0) is 10.1. The molecule has 0 spiro atoms. The maximum Gasteiger partial charge on any atom is 0.305 e. The van der Waals surface area contributed by atoms with Gasteiger partial charge in [-0.2, -0.15) is 0 Å². The molecule has 13 heavy (non-hydrogen) atoms. The summed E-state index contributed by atoms with van der Waals surface area (Å²) in [7, 11) is 0.196. The third-order valence-electron chi connectivity index (χ3n) is 1.86. The summed E-state index contributed by atoms with van der Waals surface area (Å²) in [6, 6.07) is 0. The van der Waals surface area contributed by atoms with Crippen LogP contribution in [0.5, 0.6) is 0 Å². The highest BCUT2D eigenvalue weighted by Crippen LogP contribution is 2.13. The highest BCUT2D eigenvalue weighted by Gasteiger charge is 2.06. The number of carbonyl (C=O) groups is 1. The number of hydrogen-bond donors (Lipinski definition) is 0. The molecule has 4 heteroatoms. The number of rotatable bonds is 7. The standard InChI is InChI=1S/C9H17O3P/c1-3-12-9(10)5-4-8(2)6-7-13-11/h8H,3-7H2,1-2H3. The summed E-state index contributed by atoms with van der Waals surface area (Å²) in [5.41, 5.74) is 0. The number of hydrogen-bond acceptors (Lipinski definition) is 3. The van der Waals surface area contributed by atoms with Crippen molar-refractivity contribution in [2.45, 2.75) is 33.1 Å². The summed E-state index contributed by atoms with van der Waals surface area (Å²) in [4.78, 5) is 10.9. The molecule has 0 N–H and O–H groups in total. The fraction of sp³-hybridized carbons (Fsp3) is 0.889. The summed E-state index contributed by atoms with van der Waals surface area (Å²) in [5.74, 6) is 0.319. The van der Waals surface area contributed by atoms with Crippen molar-refractivity contribution in [2.75, 3.05) is 12.8 Å². The van der Waals surface area contributed by atoms with Crippen molar-refractivity contribution >= 4 is 14.4 Å². The van der Waals surface area contributed by atoms with Crippen LogP contribution in [0.4, 0.5) is 0 Å². The largest absolute Gasteiger partial charge is 0.466 e. The van der Waals surface area contributed by atoms with Crippen LogP contribution in [0.1, 0.15) is 33.1 Å². The van der Waals surface area contributed by atoms with Crippen LogP contribution in [0.15, 0.2) is 0 Å². The summed E-state index contributed by atoms with van der Waals surface area (Å²) < 4.78 is 14.9. The van der Waals surface area contributed by atoms with Crippen LogP contribution in [0.25, 0.3) is 0 Å². The van der Waals surface area contributed by atoms with Crippen LogP contribution in [0.3, 0.4) is 0 Å². The van der Waals surface area contributed by atoms with Gasteiger partial charge >= 0.3 is 5.97 Å². The molecule has 3 nitrogen and oxygen atoms in total. The maximum absolute atomic E-state index is 10.9. The fourth-order valence-corrected chi connectivity index (χ4v) is 1.56. The van der Waals surface area contributed by atoms with E-state index in [4.69, 9.17) is 4.74 Å². The van der Waals surface area contributed by atoms with Gasteiger partial charge in [0.2, 0.25) is 0 Å². The molecule has 0 aromatic rings. The molecule has 76 valence electrons. The SMILES string of the molecule is CCOC(=O)CCC(C)CCP=O. The number of ether oxygens (including phenoxy) is 1. The smallest absolute Gasteiger partial charge is 0.305 e. The Morgan fingerprint density at radius 3 is 2.69 bits per heavy atom. The van der Waals surface area contributed by atoms with Crippen LogP contribution in [-0.2, 0) is 14.1 Å². The Labute approximate surface area is 81.1 Å². The molecule has 0 saturated heterocycles. The van der Waals surface area contributed by atoms with E-state index in [2.05, 4.69) is 6.92 Å². The van der Waals surface area contributed by atoms with Gasteiger partial charge in [-0.25, -0.2) is 0 Å². The maximum atomic E-state index is 10.9. The summed E-state index contributed by atoms with van der Waals surface area (Å²) in [6.07, 6.45) is 2.90. The van der Waals surface area contributed by atoms with Crippen molar-refractivity contribution in [3.8, 4) is 0 Å². The highest BCUT2D eigenvalue weighted by atomic mass is 31.1. The van der Waals surface area contributed by atoms with Gasteiger partial charge in [0, 0.05) is 12.6 Å². The molecule has 0 aromatic carbocycles. The molecular weight excluding hydrogens is 187 g/mol. The summed E-state index contributed by atoms with van der Waals surface area (Å²) in [6.45, 7) is 4.31. The third kappa shape index (κ3) is 7.92. The van der Waals surface area contributed by atoms with Gasteiger partial charge in [0.05, 0.1) is 6.61 Å². The van der Waals surface area contributed by atoms with Crippen LogP contribution >= 0.6 is 8.46 Å². The molecule has 0 rings (SSSR count). The first-order valence-electron chi connectivity index (χ1n) is 4.65. The lowest BCUT2D eigenvalue weighted by atomic mass is 10.0. The Hall–Kier alpha value is -0.430. The lowest BCUT2D eigenvalue weighted by molar-refractivity contribution is -0.143. The first-order chi connectivity index (χ1) is 6.20. The van der Waals surface area contributed by atoms with E-state index in [1.165, 1.54) is 0 Å². The van der Waals surface area contributed by atoms with Gasteiger partial charge in [-0.05, 0) is 25.7 Å². The van der Waals surface area contributed by atoms with Gasteiger partial charge in [-0.15, -0.1) is 0 Å². The zero-order valence-corrected chi connectivity index (χ0v) is 9.18. The lowest BCUT2D eigenvalue weighted by Crippen LogP contribution is -2.06. The van der Waals surface area contributed by atoms with Gasteiger partial charge < -0.3 is 4.74 Å². The number of esters is 1. The number of carbonyl (C=O) groups excluding carboxylic acids is 1. The minimum atomic E-state index is -0.131. The van der Waals surface area contributed by atoms with Crippen molar-refractivity contribution in [1.29, 1.82) is 0 Å². The van der Waals surface area contributed by atoms with Crippen LogP contribution in [0, 0.1) is 5.92 Å². The second-order valence-electron chi connectivity index (χ2n) is 3.09.